The lowest BCUT2D eigenvalue weighted by molar-refractivity contribution is -0.135. The summed E-state index contributed by atoms with van der Waals surface area (Å²) in [5.74, 6) is 0.157. The number of aryl methyl sites for hydroxylation is 1. The Labute approximate surface area is 193 Å². The minimum absolute atomic E-state index is 0.219. The van der Waals surface area contributed by atoms with Gasteiger partial charge in [0.2, 0.25) is 11.8 Å². The summed E-state index contributed by atoms with van der Waals surface area (Å²) in [6.45, 7) is 8.71. The second-order valence-corrected chi connectivity index (χ2v) is 9.77. The van der Waals surface area contributed by atoms with Gasteiger partial charge < -0.3 is 10.2 Å². The minimum Gasteiger partial charge on any atom is -0.317 e. The van der Waals surface area contributed by atoms with Gasteiger partial charge in [0.05, 0.1) is 11.0 Å². The maximum absolute atomic E-state index is 13.0. The number of benzene rings is 1. The Morgan fingerprint density at radius 3 is 2.39 bits per heavy atom. The molecule has 9 heteroatoms. The molecule has 5 rings (SSSR count). The van der Waals surface area contributed by atoms with Crippen molar-refractivity contribution in [3.8, 4) is 0 Å². The highest BCUT2D eigenvalue weighted by Crippen LogP contribution is 2.24. The molecule has 2 aromatic rings. The molecule has 1 aromatic carbocycles. The van der Waals surface area contributed by atoms with Gasteiger partial charge in [-0.1, -0.05) is 6.07 Å². The van der Waals surface area contributed by atoms with E-state index in [1.54, 1.807) is 16.2 Å². The molecule has 33 heavy (non-hydrogen) atoms. The lowest BCUT2D eigenvalue weighted by atomic mass is 9.97. The minimum atomic E-state index is -0.641. The summed E-state index contributed by atoms with van der Waals surface area (Å²) in [5.41, 5.74) is 2.52. The first-order valence-electron chi connectivity index (χ1n) is 12.2. The number of carbonyl (C=O) groups excluding carboxylic acids is 2. The van der Waals surface area contributed by atoms with E-state index in [1.165, 1.54) is 24.9 Å². The van der Waals surface area contributed by atoms with Crippen LogP contribution in [0, 0.1) is 5.92 Å². The number of hydrogen-bond acceptors (Lipinski definition) is 6. The third-order valence-corrected chi connectivity index (χ3v) is 7.52. The molecule has 178 valence electrons. The third kappa shape index (κ3) is 4.62. The quantitative estimate of drug-likeness (QED) is 0.637. The molecule has 2 N–H and O–H groups in total. The van der Waals surface area contributed by atoms with Gasteiger partial charge in [0.15, 0.2) is 0 Å². The summed E-state index contributed by atoms with van der Waals surface area (Å²) >= 11 is 0. The van der Waals surface area contributed by atoms with Gasteiger partial charge in [0, 0.05) is 52.7 Å². The van der Waals surface area contributed by atoms with Crippen LogP contribution in [0.25, 0.3) is 11.0 Å². The molecule has 0 bridgehead atoms. The van der Waals surface area contributed by atoms with Gasteiger partial charge in [-0.2, -0.15) is 0 Å². The number of amides is 2. The van der Waals surface area contributed by atoms with E-state index in [-0.39, 0.29) is 18.0 Å². The maximum atomic E-state index is 13.0. The zero-order valence-electron chi connectivity index (χ0n) is 19.4. The summed E-state index contributed by atoms with van der Waals surface area (Å²) < 4.78 is 3.15. The third-order valence-electron chi connectivity index (χ3n) is 7.52. The molecule has 3 fully saturated rings. The van der Waals surface area contributed by atoms with E-state index in [0.717, 1.165) is 62.8 Å². The molecule has 1 atom stereocenters. The number of hydrogen-bond donors (Lipinski definition) is 2. The average molecular weight is 455 g/mol. The molecule has 3 aliphatic rings. The number of fused-ring (bicyclic) bond motifs is 1. The number of imide groups is 1. The second kappa shape index (κ2) is 9.40. The standard InChI is InChI=1S/C24H34N6O3/c1-27-21-14-18(16-29-12-10-28(11-13-29)15-17-6-8-25-9-7-17)2-3-19(21)30(24(27)33)20-4-5-22(31)26-23(20)32/h2-3,14,17,20,25H,4-13,15-16H2,1H3,(H,26,31,32). The van der Waals surface area contributed by atoms with E-state index in [1.807, 2.05) is 6.07 Å². The number of imidazole rings is 1. The van der Waals surface area contributed by atoms with Crippen LogP contribution in [0.1, 0.15) is 37.3 Å². The van der Waals surface area contributed by atoms with E-state index in [0.29, 0.717) is 6.42 Å². The fourth-order valence-electron chi connectivity index (χ4n) is 5.55. The summed E-state index contributed by atoms with van der Waals surface area (Å²) in [7, 11) is 1.75. The van der Waals surface area contributed by atoms with E-state index >= 15 is 0 Å². The Morgan fingerprint density at radius 1 is 0.939 bits per heavy atom. The number of piperidine rings is 2. The number of aromatic nitrogens is 2. The van der Waals surface area contributed by atoms with Crippen molar-refractivity contribution in [3.05, 3.63) is 34.2 Å². The first-order valence-corrected chi connectivity index (χ1v) is 12.2. The van der Waals surface area contributed by atoms with Crippen molar-refractivity contribution in [2.75, 3.05) is 45.8 Å². The highest BCUT2D eigenvalue weighted by molar-refractivity contribution is 6.00. The first-order chi connectivity index (χ1) is 16.0. The van der Waals surface area contributed by atoms with Gasteiger partial charge in [-0.3, -0.25) is 28.9 Å². The Morgan fingerprint density at radius 2 is 1.67 bits per heavy atom. The van der Waals surface area contributed by atoms with Crippen molar-refractivity contribution in [2.45, 2.75) is 38.3 Å². The Hall–Kier alpha value is -2.49. The number of carbonyl (C=O) groups is 2. The van der Waals surface area contributed by atoms with Gasteiger partial charge >= 0.3 is 5.69 Å². The summed E-state index contributed by atoms with van der Waals surface area (Å²) in [5, 5.41) is 5.81. The predicted molar refractivity (Wildman–Crippen MR) is 126 cm³/mol. The number of piperazine rings is 1. The van der Waals surface area contributed by atoms with Crippen LogP contribution < -0.4 is 16.3 Å². The fraction of sp³-hybridized carbons (Fsp3) is 0.625. The number of rotatable bonds is 5. The van der Waals surface area contributed by atoms with Crippen LogP contribution in [0.4, 0.5) is 0 Å². The van der Waals surface area contributed by atoms with Crippen molar-refractivity contribution in [1.82, 2.24) is 29.6 Å². The van der Waals surface area contributed by atoms with E-state index < -0.39 is 11.9 Å². The van der Waals surface area contributed by atoms with E-state index in [4.69, 9.17) is 0 Å². The summed E-state index contributed by atoms with van der Waals surface area (Å²) in [6.07, 6.45) is 3.18. The Bertz CT molecular complexity index is 1090. The topological polar surface area (TPSA) is 91.6 Å². The highest BCUT2D eigenvalue weighted by atomic mass is 16.2. The van der Waals surface area contributed by atoms with Crippen LogP contribution in [-0.4, -0.2) is 76.6 Å². The summed E-state index contributed by atoms with van der Waals surface area (Å²) in [4.78, 5) is 41.9. The van der Waals surface area contributed by atoms with Gasteiger partial charge in [-0.25, -0.2) is 4.79 Å². The highest BCUT2D eigenvalue weighted by Gasteiger charge is 2.31. The van der Waals surface area contributed by atoms with Gasteiger partial charge in [-0.15, -0.1) is 0 Å². The predicted octanol–water partition coefficient (Wildman–Crippen LogP) is 0.435. The molecular formula is C24H34N6O3. The molecule has 0 saturated carbocycles. The van der Waals surface area contributed by atoms with Crippen LogP contribution >= 0.6 is 0 Å². The second-order valence-electron chi connectivity index (χ2n) is 9.77. The van der Waals surface area contributed by atoms with Crippen molar-refractivity contribution < 1.29 is 9.59 Å². The van der Waals surface area contributed by atoms with Crippen LogP contribution in [0.3, 0.4) is 0 Å². The molecular weight excluding hydrogens is 420 g/mol. The zero-order chi connectivity index (χ0) is 22.9. The van der Waals surface area contributed by atoms with Crippen molar-refractivity contribution >= 4 is 22.8 Å². The molecule has 3 aliphatic heterocycles. The summed E-state index contributed by atoms with van der Waals surface area (Å²) in [6, 6.07) is 5.44. The van der Waals surface area contributed by atoms with Gasteiger partial charge in [-0.05, 0) is 56.0 Å². The number of nitrogens with zero attached hydrogens (tertiary/aromatic N) is 4. The SMILES string of the molecule is Cn1c(=O)n(C2CCC(=O)NC2=O)c2ccc(CN3CCN(CC4CCNCC4)CC3)cc21. The Balaban J connectivity index is 1.26. The molecule has 3 saturated heterocycles. The zero-order valence-corrected chi connectivity index (χ0v) is 19.4. The van der Waals surface area contributed by atoms with Crippen LogP contribution in [-0.2, 0) is 23.2 Å². The van der Waals surface area contributed by atoms with Crippen LogP contribution in [0.2, 0.25) is 0 Å². The van der Waals surface area contributed by atoms with Crippen molar-refractivity contribution in [3.63, 3.8) is 0 Å². The molecule has 4 heterocycles. The largest absolute Gasteiger partial charge is 0.329 e. The van der Waals surface area contributed by atoms with Crippen molar-refractivity contribution in [1.29, 1.82) is 0 Å². The lowest BCUT2D eigenvalue weighted by Crippen LogP contribution is -2.48. The molecule has 0 spiro atoms. The van der Waals surface area contributed by atoms with E-state index in [2.05, 4.69) is 32.6 Å². The average Bonchev–Trinajstić information content (AvgIpc) is 3.06. The Kier molecular flexibility index (Phi) is 6.36. The molecule has 9 nitrogen and oxygen atoms in total. The first kappa shape index (κ1) is 22.3. The molecule has 0 aliphatic carbocycles. The smallest absolute Gasteiger partial charge is 0.317 e. The molecule has 1 aromatic heterocycles. The van der Waals surface area contributed by atoms with E-state index in [9.17, 15) is 14.4 Å². The maximum Gasteiger partial charge on any atom is 0.329 e. The van der Waals surface area contributed by atoms with Crippen LogP contribution in [0.15, 0.2) is 23.0 Å². The van der Waals surface area contributed by atoms with Crippen LogP contribution in [0.5, 0.6) is 0 Å². The monoisotopic (exact) mass is 454 g/mol. The molecule has 2 amide bonds. The van der Waals surface area contributed by atoms with Gasteiger partial charge in [0.1, 0.15) is 6.04 Å². The normalized spacial score (nSPS) is 23.8. The number of nitrogens with one attached hydrogen (secondary N) is 2. The lowest BCUT2D eigenvalue weighted by Gasteiger charge is -2.37. The molecule has 1 unspecified atom stereocenters. The fourth-order valence-corrected chi connectivity index (χ4v) is 5.55. The molecule has 0 radical (unpaired) electrons. The van der Waals surface area contributed by atoms with Crippen molar-refractivity contribution in [2.24, 2.45) is 13.0 Å². The van der Waals surface area contributed by atoms with Gasteiger partial charge in [0.25, 0.3) is 0 Å².